The summed E-state index contributed by atoms with van der Waals surface area (Å²) in [6.45, 7) is 6.65. The number of hydrogen-bond acceptors (Lipinski definition) is 3. The van der Waals surface area contributed by atoms with Crippen LogP contribution < -0.4 is 5.32 Å². The monoisotopic (exact) mass is 318 g/mol. The fourth-order valence-corrected chi connectivity index (χ4v) is 3.01. The summed E-state index contributed by atoms with van der Waals surface area (Å²) in [6, 6.07) is 6.72. The van der Waals surface area contributed by atoms with Gasteiger partial charge < -0.3 is 15.3 Å². The summed E-state index contributed by atoms with van der Waals surface area (Å²) in [6.07, 6.45) is 1.41. The van der Waals surface area contributed by atoms with Crippen LogP contribution in [0, 0.1) is 12.8 Å². The molecule has 0 bridgehead atoms. The topological polar surface area (TPSA) is 69.6 Å². The number of benzene rings is 1. The first kappa shape index (κ1) is 17.5. The molecule has 1 aromatic carbocycles. The molecule has 1 aromatic rings. The largest absolute Gasteiger partial charge is 0.393 e. The second kappa shape index (κ2) is 7.59. The fourth-order valence-electron chi connectivity index (χ4n) is 3.01. The predicted octanol–water partition coefficient (Wildman–Crippen LogP) is 1.73. The van der Waals surface area contributed by atoms with Crippen molar-refractivity contribution in [1.82, 2.24) is 10.2 Å². The van der Waals surface area contributed by atoms with E-state index in [1.807, 2.05) is 19.1 Å². The number of hydrogen-bond donors (Lipinski definition) is 2. The van der Waals surface area contributed by atoms with Gasteiger partial charge >= 0.3 is 0 Å². The lowest BCUT2D eigenvalue weighted by Gasteiger charge is -2.35. The van der Waals surface area contributed by atoms with Gasteiger partial charge in [0.15, 0.2) is 0 Å². The second-order valence-corrected chi connectivity index (χ2v) is 6.49. The van der Waals surface area contributed by atoms with Gasteiger partial charge in [0.05, 0.1) is 6.10 Å². The van der Waals surface area contributed by atoms with Crippen LogP contribution in [0.15, 0.2) is 24.3 Å². The van der Waals surface area contributed by atoms with Crippen LogP contribution in [-0.4, -0.2) is 47.1 Å². The SMILES string of the molecule is Cc1cccc(C(=O)NC(C)C(=O)N2CCCC(C(C)O)C2)c1. The minimum Gasteiger partial charge on any atom is -0.393 e. The van der Waals surface area contributed by atoms with Crippen molar-refractivity contribution in [1.29, 1.82) is 0 Å². The molecule has 1 heterocycles. The standard InChI is InChI=1S/C18H26N2O3/c1-12-6-4-7-15(10-12)17(22)19-13(2)18(23)20-9-5-8-16(11-20)14(3)21/h4,6-7,10,13-14,16,21H,5,8-9,11H2,1-3H3,(H,19,22). The molecule has 1 saturated heterocycles. The average Bonchev–Trinajstić information content (AvgIpc) is 2.54. The van der Waals surface area contributed by atoms with E-state index in [4.69, 9.17) is 0 Å². The summed E-state index contributed by atoms with van der Waals surface area (Å²) < 4.78 is 0. The molecule has 0 spiro atoms. The van der Waals surface area contributed by atoms with Crippen molar-refractivity contribution in [3.8, 4) is 0 Å². The molecule has 1 aliphatic heterocycles. The number of aliphatic hydroxyl groups excluding tert-OH is 1. The van der Waals surface area contributed by atoms with Crippen molar-refractivity contribution in [3.63, 3.8) is 0 Å². The number of carbonyl (C=O) groups is 2. The third-order valence-corrected chi connectivity index (χ3v) is 4.45. The van der Waals surface area contributed by atoms with Crippen molar-refractivity contribution in [2.24, 2.45) is 5.92 Å². The molecule has 5 nitrogen and oxygen atoms in total. The average molecular weight is 318 g/mol. The Labute approximate surface area is 137 Å². The summed E-state index contributed by atoms with van der Waals surface area (Å²) >= 11 is 0. The quantitative estimate of drug-likeness (QED) is 0.888. The Morgan fingerprint density at radius 3 is 2.74 bits per heavy atom. The fraction of sp³-hybridized carbons (Fsp3) is 0.556. The molecule has 0 saturated carbocycles. The molecule has 0 aliphatic carbocycles. The van der Waals surface area contributed by atoms with Crippen LogP contribution in [0.3, 0.4) is 0 Å². The van der Waals surface area contributed by atoms with E-state index in [1.54, 1.807) is 30.9 Å². The molecule has 2 amide bonds. The third-order valence-electron chi connectivity index (χ3n) is 4.45. The van der Waals surface area contributed by atoms with E-state index in [-0.39, 0.29) is 17.7 Å². The van der Waals surface area contributed by atoms with Gasteiger partial charge in [0.25, 0.3) is 5.91 Å². The second-order valence-electron chi connectivity index (χ2n) is 6.49. The first-order valence-corrected chi connectivity index (χ1v) is 8.23. The summed E-state index contributed by atoms with van der Waals surface area (Å²) in [4.78, 5) is 26.5. The highest BCUT2D eigenvalue weighted by molar-refractivity contribution is 5.97. The van der Waals surface area contributed by atoms with Gasteiger partial charge in [0, 0.05) is 24.6 Å². The molecule has 0 radical (unpaired) electrons. The van der Waals surface area contributed by atoms with Crippen LogP contribution in [0.5, 0.6) is 0 Å². The zero-order valence-electron chi connectivity index (χ0n) is 14.1. The number of nitrogens with one attached hydrogen (secondary N) is 1. The van der Waals surface area contributed by atoms with Gasteiger partial charge in [-0.3, -0.25) is 9.59 Å². The smallest absolute Gasteiger partial charge is 0.251 e. The Balaban J connectivity index is 1.95. The Kier molecular flexibility index (Phi) is 5.77. The number of aliphatic hydroxyl groups is 1. The molecule has 126 valence electrons. The lowest BCUT2D eigenvalue weighted by atomic mass is 9.93. The van der Waals surface area contributed by atoms with Crippen LogP contribution in [0.25, 0.3) is 0 Å². The first-order valence-electron chi connectivity index (χ1n) is 8.23. The van der Waals surface area contributed by atoms with Crippen LogP contribution in [0.4, 0.5) is 0 Å². The Morgan fingerprint density at radius 1 is 1.35 bits per heavy atom. The van der Waals surface area contributed by atoms with Gasteiger partial charge in [0.1, 0.15) is 6.04 Å². The van der Waals surface area contributed by atoms with E-state index < -0.39 is 12.1 Å². The van der Waals surface area contributed by atoms with Crippen molar-refractivity contribution < 1.29 is 14.7 Å². The summed E-state index contributed by atoms with van der Waals surface area (Å²) in [5.41, 5.74) is 1.57. The normalized spacial score (nSPS) is 20.7. The number of rotatable bonds is 4. The summed E-state index contributed by atoms with van der Waals surface area (Å²) in [5, 5.41) is 12.5. The van der Waals surface area contributed by atoms with Gasteiger partial charge in [-0.2, -0.15) is 0 Å². The van der Waals surface area contributed by atoms with E-state index in [0.717, 1.165) is 18.4 Å². The van der Waals surface area contributed by atoms with E-state index in [0.29, 0.717) is 18.7 Å². The number of nitrogens with zero attached hydrogens (tertiary/aromatic N) is 1. The minimum absolute atomic E-state index is 0.0867. The van der Waals surface area contributed by atoms with E-state index >= 15 is 0 Å². The zero-order chi connectivity index (χ0) is 17.0. The molecule has 3 atom stereocenters. The predicted molar refractivity (Wildman–Crippen MR) is 89.1 cm³/mol. The molecule has 2 N–H and O–H groups in total. The molecule has 23 heavy (non-hydrogen) atoms. The summed E-state index contributed by atoms with van der Waals surface area (Å²) in [5.74, 6) is -0.206. The van der Waals surface area contributed by atoms with Crippen LogP contribution >= 0.6 is 0 Å². The highest BCUT2D eigenvalue weighted by atomic mass is 16.3. The molecule has 3 unspecified atom stereocenters. The molecular weight excluding hydrogens is 292 g/mol. The number of aryl methyl sites for hydroxylation is 1. The summed E-state index contributed by atoms with van der Waals surface area (Å²) in [7, 11) is 0. The highest BCUT2D eigenvalue weighted by Crippen LogP contribution is 2.20. The van der Waals surface area contributed by atoms with Gasteiger partial charge in [0.2, 0.25) is 5.91 Å². The molecule has 0 aromatic heterocycles. The van der Waals surface area contributed by atoms with Crippen molar-refractivity contribution in [3.05, 3.63) is 35.4 Å². The lowest BCUT2D eigenvalue weighted by molar-refractivity contribution is -0.135. The van der Waals surface area contributed by atoms with Gasteiger partial charge in [-0.05, 0) is 45.7 Å². The van der Waals surface area contributed by atoms with E-state index in [2.05, 4.69) is 5.32 Å². The van der Waals surface area contributed by atoms with Gasteiger partial charge in [-0.1, -0.05) is 17.7 Å². The third kappa shape index (κ3) is 4.55. The highest BCUT2D eigenvalue weighted by Gasteiger charge is 2.29. The van der Waals surface area contributed by atoms with Crippen molar-refractivity contribution >= 4 is 11.8 Å². The number of carbonyl (C=O) groups excluding carboxylic acids is 2. The van der Waals surface area contributed by atoms with E-state index in [9.17, 15) is 14.7 Å². The molecule has 1 aliphatic rings. The Hall–Kier alpha value is -1.88. The number of amides is 2. The Morgan fingerprint density at radius 2 is 2.09 bits per heavy atom. The zero-order valence-corrected chi connectivity index (χ0v) is 14.1. The maximum absolute atomic E-state index is 12.5. The van der Waals surface area contributed by atoms with Crippen LogP contribution in [-0.2, 0) is 4.79 Å². The minimum atomic E-state index is -0.573. The molecule has 1 fully saturated rings. The van der Waals surface area contributed by atoms with Crippen LogP contribution in [0.2, 0.25) is 0 Å². The number of likely N-dealkylation sites (tertiary alicyclic amines) is 1. The maximum Gasteiger partial charge on any atom is 0.251 e. The Bertz CT molecular complexity index is 571. The molecule has 2 rings (SSSR count). The molecular formula is C18H26N2O3. The van der Waals surface area contributed by atoms with Gasteiger partial charge in [-0.15, -0.1) is 0 Å². The van der Waals surface area contributed by atoms with Crippen molar-refractivity contribution in [2.45, 2.75) is 45.8 Å². The van der Waals surface area contributed by atoms with Crippen molar-refractivity contribution in [2.75, 3.05) is 13.1 Å². The number of piperidine rings is 1. The van der Waals surface area contributed by atoms with Crippen LogP contribution in [0.1, 0.15) is 42.6 Å². The van der Waals surface area contributed by atoms with E-state index in [1.165, 1.54) is 0 Å². The maximum atomic E-state index is 12.5. The molecule has 5 heteroatoms. The lowest BCUT2D eigenvalue weighted by Crippen LogP contribution is -2.51. The van der Waals surface area contributed by atoms with Gasteiger partial charge in [-0.25, -0.2) is 0 Å². The first-order chi connectivity index (χ1) is 10.9.